The SMILES string of the molecule is [CH2]C(CC)(CCCCl)CC(CC)CCCCl. The zero-order valence-corrected chi connectivity index (χ0v) is 12.4. The molecule has 0 rings (SSSR count). The third-order valence-corrected chi connectivity index (χ3v) is 4.17. The van der Waals surface area contributed by atoms with E-state index >= 15 is 0 Å². The molecule has 1 radical (unpaired) electrons. The van der Waals surface area contributed by atoms with Gasteiger partial charge < -0.3 is 0 Å². The summed E-state index contributed by atoms with van der Waals surface area (Å²) in [5.41, 5.74) is 0.238. The lowest BCUT2D eigenvalue weighted by atomic mass is 9.74. The van der Waals surface area contributed by atoms with Gasteiger partial charge in [-0.3, -0.25) is 0 Å². The van der Waals surface area contributed by atoms with Crippen LogP contribution in [0.4, 0.5) is 0 Å². The Morgan fingerprint density at radius 2 is 1.75 bits per heavy atom. The Kier molecular flexibility index (Phi) is 9.94. The van der Waals surface area contributed by atoms with Gasteiger partial charge in [-0.1, -0.05) is 26.7 Å². The summed E-state index contributed by atoms with van der Waals surface area (Å²) in [6.45, 7) is 8.95. The zero-order valence-electron chi connectivity index (χ0n) is 10.9. The smallest absolute Gasteiger partial charge is 0.0223 e. The fourth-order valence-corrected chi connectivity index (χ4v) is 2.58. The zero-order chi connectivity index (χ0) is 12.4. The number of hydrogen-bond donors (Lipinski definition) is 0. The summed E-state index contributed by atoms with van der Waals surface area (Å²) < 4.78 is 0. The van der Waals surface area contributed by atoms with Gasteiger partial charge >= 0.3 is 0 Å². The van der Waals surface area contributed by atoms with Gasteiger partial charge in [0.15, 0.2) is 0 Å². The summed E-state index contributed by atoms with van der Waals surface area (Å²) in [5, 5.41) is 0. The molecule has 0 fully saturated rings. The van der Waals surface area contributed by atoms with Crippen molar-refractivity contribution in [3.63, 3.8) is 0 Å². The fourth-order valence-electron chi connectivity index (χ4n) is 2.29. The van der Waals surface area contributed by atoms with Crippen molar-refractivity contribution in [3.8, 4) is 0 Å². The highest BCUT2D eigenvalue weighted by Gasteiger charge is 2.25. The molecule has 0 aromatic rings. The van der Waals surface area contributed by atoms with Crippen LogP contribution < -0.4 is 0 Å². The van der Waals surface area contributed by atoms with Crippen LogP contribution in [-0.2, 0) is 0 Å². The lowest BCUT2D eigenvalue weighted by Crippen LogP contribution is -2.20. The van der Waals surface area contributed by atoms with Crippen molar-refractivity contribution in [1.29, 1.82) is 0 Å². The van der Waals surface area contributed by atoms with Crippen molar-refractivity contribution < 1.29 is 0 Å². The summed E-state index contributed by atoms with van der Waals surface area (Å²) in [6.07, 6.45) is 8.26. The maximum atomic E-state index is 5.77. The van der Waals surface area contributed by atoms with Gasteiger partial charge in [-0.2, -0.15) is 0 Å². The van der Waals surface area contributed by atoms with Gasteiger partial charge in [0.2, 0.25) is 0 Å². The minimum atomic E-state index is 0.238. The molecule has 0 heterocycles. The molecular formula is C14H27Cl2. The molecule has 2 atom stereocenters. The summed E-state index contributed by atoms with van der Waals surface area (Å²) in [7, 11) is 0. The van der Waals surface area contributed by atoms with Crippen LogP contribution in [0.3, 0.4) is 0 Å². The van der Waals surface area contributed by atoms with Crippen molar-refractivity contribution >= 4 is 23.2 Å². The Morgan fingerprint density at radius 1 is 1.12 bits per heavy atom. The lowest BCUT2D eigenvalue weighted by Gasteiger charge is -2.32. The first-order valence-corrected chi connectivity index (χ1v) is 7.66. The van der Waals surface area contributed by atoms with E-state index in [1.54, 1.807) is 0 Å². The maximum absolute atomic E-state index is 5.77. The van der Waals surface area contributed by atoms with E-state index in [0.717, 1.165) is 43.4 Å². The predicted octanol–water partition coefficient (Wildman–Crippen LogP) is 5.67. The Balaban J connectivity index is 4.12. The van der Waals surface area contributed by atoms with Crippen molar-refractivity contribution in [1.82, 2.24) is 0 Å². The first-order chi connectivity index (χ1) is 7.61. The molecule has 0 aromatic carbocycles. The van der Waals surface area contributed by atoms with Gasteiger partial charge in [-0.25, -0.2) is 0 Å². The summed E-state index contributed by atoms with van der Waals surface area (Å²) in [6, 6.07) is 0. The Morgan fingerprint density at radius 3 is 2.19 bits per heavy atom. The quantitative estimate of drug-likeness (QED) is 0.447. The van der Waals surface area contributed by atoms with Crippen LogP contribution >= 0.6 is 23.2 Å². The highest BCUT2D eigenvalue weighted by atomic mass is 35.5. The van der Waals surface area contributed by atoms with E-state index < -0.39 is 0 Å². The molecule has 16 heavy (non-hydrogen) atoms. The number of alkyl halides is 2. The van der Waals surface area contributed by atoms with E-state index in [1.165, 1.54) is 19.3 Å². The first kappa shape index (κ1) is 16.6. The third kappa shape index (κ3) is 7.01. The molecule has 97 valence electrons. The molecule has 2 unspecified atom stereocenters. The molecule has 0 spiro atoms. The van der Waals surface area contributed by atoms with E-state index in [2.05, 4.69) is 20.8 Å². The molecule has 0 aromatic heterocycles. The van der Waals surface area contributed by atoms with E-state index in [0.29, 0.717) is 0 Å². The van der Waals surface area contributed by atoms with E-state index in [9.17, 15) is 0 Å². The standard InChI is InChI=1S/C14H27Cl2/c1-4-13(8-6-10-15)12-14(3,5-2)9-7-11-16/h13H,3-12H2,1-2H3. The van der Waals surface area contributed by atoms with Crippen molar-refractivity contribution in [2.24, 2.45) is 11.3 Å². The molecule has 0 bridgehead atoms. The van der Waals surface area contributed by atoms with Crippen LogP contribution in [-0.4, -0.2) is 11.8 Å². The number of hydrogen-bond acceptors (Lipinski definition) is 0. The Hall–Kier alpha value is 0.580. The molecule has 0 N–H and O–H groups in total. The molecule has 0 aliphatic rings. The Bertz CT molecular complexity index is 159. The number of halogens is 2. The second-order valence-electron chi connectivity index (χ2n) is 4.96. The van der Waals surface area contributed by atoms with Crippen LogP contribution in [0, 0.1) is 18.3 Å². The van der Waals surface area contributed by atoms with E-state index in [4.69, 9.17) is 23.2 Å². The molecule has 0 saturated heterocycles. The van der Waals surface area contributed by atoms with Gasteiger partial charge in [0.05, 0.1) is 0 Å². The van der Waals surface area contributed by atoms with Crippen molar-refractivity contribution in [3.05, 3.63) is 6.92 Å². The average molecular weight is 266 g/mol. The average Bonchev–Trinajstić information content (AvgIpc) is 2.32. The van der Waals surface area contributed by atoms with Crippen LogP contribution in [0.1, 0.15) is 58.8 Å². The molecule has 0 aliphatic carbocycles. The van der Waals surface area contributed by atoms with Gasteiger partial charge in [-0.05, 0) is 50.4 Å². The van der Waals surface area contributed by atoms with Gasteiger partial charge in [0, 0.05) is 11.8 Å². The van der Waals surface area contributed by atoms with Crippen LogP contribution in [0.2, 0.25) is 0 Å². The van der Waals surface area contributed by atoms with Crippen molar-refractivity contribution in [2.75, 3.05) is 11.8 Å². The van der Waals surface area contributed by atoms with Crippen LogP contribution in [0.5, 0.6) is 0 Å². The van der Waals surface area contributed by atoms with Crippen LogP contribution in [0.15, 0.2) is 0 Å². The molecule has 0 nitrogen and oxygen atoms in total. The molecule has 0 saturated carbocycles. The summed E-state index contributed by atoms with van der Waals surface area (Å²) in [4.78, 5) is 0. The first-order valence-electron chi connectivity index (χ1n) is 6.59. The fraction of sp³-hybridized carbons (Fsp3) is 0.929. The predicted molar refractivity (Wildman–Crippen MR) is 76.4 cm³/mol. The lowest BCUT2D eigenvalue weighted by molar-refractivity contribution is 0.233. The maximum Gasteiger partial charge on any atom is 0.0223 e. The summed E-state index contributed by atoms with van der Waals surface area (Å²) >= 11 is 11.5. The molecular weight excluding hydrogens is 239 g/mol. The second kappa shape index (κ2) is 9.59. The van der Waals surface area contributed by atoms with Gasteiger partial charge in [0.1, 0.15) is 0 Å². The topological polar surface area (TPSA) is 0 Å². The molecule has 0 amide bonds. The monoisotopic (exact) mass is 265 g/mol. The minimum Gasteiger partial charge on any atom is -0.127 e. The second-order valence-corrected chi connectivity index (χ2v) is 5.71. The number of rotatable bonds is 10. The van der Waals surface area contributed by atoms with E-state index in [-0.39, 0.29) is 5.41 Å². The molecule has 2 heteroatoms. The van der Waals surface area contributed by atoms with Gasteiger partial charge in [-0.15, -0.1) is 23.2 Å². The highest BCUT2D eigenvalue weighted by molar-refractivity contribution is 6.18. The van der Waals surface area contributed by atoms with Crippen LogP contribution in [0.25, 0.3) is 0 Å². The van der Waals surface area contributed by atoms with Crippen molar-refractivity contribution in [2.45, 2.75) is 58.8 Å². The highest BCUT2D eigenvalue weighted by Crippen LogP contribution is 2.37. The molecule has 0 aliphatic heterocycles. The Labute approximate surface area is 112 Å². The van der Waals surface area contributed by atoms with E-state index in [1.807, 2.05) is 0 Å². The normalized spacial score (nSPS) is 17.1. The largest absolute Gasteiger partial charge is 0.127 e. The summed E-state index contributed by atoms with van der Waals surface area (Å²) in [5.74, 6) is 2.33. The van der Waals surface area contributed by atoms with Gasteiger partial charge in [0.25, 0.3) is 0 Å². The minimum absolute atomic E-state index is 0.238. The third-order valence-electron chi connectivity index (χ3n) is 3.64.